The average molecular weight is 331 g/mol. The topological polar surface area (TPSA) is 120 Å². The fourth-order valence-electron chi connectivity index (χ4n) is 0.267. The van der Waals surface area contributed by atoms with Crippen LogP contribution in [0, 0.1) is 26.6 Å². The first-order valence-corrected chi connectivity index (χ1v) is 3.81. The average Bonchev–Trinajstić information content (AvgIpc) is 2.38. The fraction of sp³-hybridized carbons (Fsp3) is 0.250. The maximum atomic E-state index is 9.97. The zero-order valence-corrected chi connectivity index (χ0v) is 11.7. The van der Waals surface area contributed by atoms with Crippen LogP contribution >= 0.6 is 12.2 Å². The van der Waals surface area contributed by atoms with Crippen molar-refractivity contribution in [2.24, 2.45) is 0 Å². The van der Waals surface area contributed by atoms with E-state index in [0.717, 1.165) is 0 Å². The van der Waals surface area contributed by atoms with Crippen LogP contribution in [0.3, 0.4) is 0 Å². The molecule has 0 unspecified atom stereocenters. The Morgan fingerprint density at radius 3 is 1.44 bits per heavy atom. The molecule has 0 aliphatic heterocycles. The fourth-order valence-corrected chi connectivity index (χ4v) is 0.397. The maximum Gasteiger partial charge on any atom is 0 e. The number of hydrogen-bond acceptors (Lipinski definition) is 3. The molecule has 18 heavy (non-hydrogen) atoms. The van der Waals surface area contributed by atoms with Crippen LogP contribution in [0.5, 0.6) is 0 Å². The normalized spacial score (nSPS) is 4.72. The second-order valence-electron chi connectivity index (χ2n) is 1.52. The third-order valence-electron chi connectivity index (χ3n) is 0.684. The van der Waals surface area contributed by atoms with Gasteiger partial charge in [0.1, 0.15) is 6.54 Å². The van der Waals surface area contributed by atoms with Crippen molar-refractivity contribution in [2.45, 2.75) is 0 Å². The zero-order chi connectivity index (χ0) is 15.4. The van der Waals surface area contributed by atoms with Gasteiger partial charge in [0.15, 0.2) is 0 Å². The maximum absolute atomic E-state index is 9.97. The van der Waals surface area contributed by atoms with Gasteiger partial charge in [-0.3, -0.25) is 4.79 Å². The smallest absolute Gasteiger partial charge is 0 e. The van der Waals surface area contributed by atoms with Crippen LogP contribution in [-0.2, 0) is 53.1 Å². The summed E-state index contributed by atoms with van der Waals surface area (Å²) < 4.78 is 30.2. The molecule has 1 radical (unpaired) electrons. The molecule has 0 spiro atoms. The molecular formula is C8H6MnNO6S2-. The van der Waals surface area contributed by atoms with Crippen molar-refractivity contribution >= 4 is 35.1 Å². The van der Waals surface area contributed by atoms with E-state index in [1.807, 2.05) is 0 Å². The molecule has 0 rings (SSSR count). The Bertz CT molecular complexity index is 252. The van der Waals surface area contributed by atoms with Gasteiger partial charge in [0.25, 0.3) is 0 Å². The van der Waals surface area contributed by atoms with Crippen molar-refractivity contribution in [1.29, 1.82) is 0 Å². The largest absolute Gasteiger partial charge is 0 e. The summed E-state index contributed by atoms with van der Waals surface area (Å²) in [5.74, 6) is -0.926. The van der Waals surface area contributed by atoms with E-state index in [0.29, 0.717) is 0 Å². The number of hydrogen-bond donors (Lipinski definition) is 1. The number of nitrogens with zero attached hydrogens (tertiary/aromatic N) is 1. The molecule has 0 aromatic carbocycles. The van der Waals surface area contributed by atoms with Crippen LogP contribution in [-0.4, -0.2) is 33.9 Å². The first-order valence-electron chi connectivity index (χ1n) is 2.99. The molecule has 0 saturated carbocycles. The van der Waals surface area contributed by atoms with Gasteiger partial charge in [0, 0.05) is 24.1 Å². The number of carbonyl (C=O) groups is 1. The predicted octanol–water partition coefficient (Wildman–Crippen LogP) is -0.318. The van der Waals surface area contributed by atoms with E-state index < -0.39 is 5.97 Å². The van der Waals surface area contributed by atoms with Gasteiger partial charge >= 0.3 is 51.2 Å². The molecule has 0 heterocycles. The van der Waals surface area contributed by atoms with Crippen LogP contribution in [0.1, 0.15) is 0 Å². The molecule has 0 amide bonds. The van der Waals surface area contributed by atoms with E-state index in [2.05, 4.69) is 51.4 Å². The van der Waals surface area contributed by atoms with E-state index >= 15 is 0 Å². The molecule has 1 N–H and O–H groups in total. The molecule has 0 aromatic heterocycles. The first kappa shape index (κ1) is 36.0. The first-order chi connectivity index (χ1) is 8.04. The summed E-state index contributed by atoms with van der Waals surface area (Å²) >= 11 is 9.03. The number of likely N-dealkylation sites (N-methyl/N-ethyl adjacent to an activating group) is 1. The summed E-state index contributed by atoms with van der Waals surface area (Å²) in [6, 6.07) is 0. The quantitative estimate of drug-likeness (QED) is 0.244. The van der Waals surface area contributed by atoms with E-state index in [1.54, 1.807) is 7.05 Å². The summed E-state index contributed by atoms with van der Waals surface area (Å²) in [5.41, 5.74) is 0. The Kier molecular flexibility index (Phi) is 88.7. The Morgan fingerprint density at radius 1 is 1.17 bits per heavy atom. The molecule has 7 nitrogen and oxygen atoms in total. The number of rotatable bonds is 2. The van der Waals surface area contributed by atoms with Gasteiger partial charge in [-0.15, -0.1) is 0 Å². The van der Waals surface area contributed by atoms with Crippen LogP contribution in [0.4, 0.5) is 0 Å². The van der Waals surface area contributed by atoms with Gasteiger partial charge < -0.3 is 34.9 Å². The van der Waals surface area contributed by atoms with Crippen molar-refractivity contribution < 1.29 is 45.6 Å². The van der Waals surface area contributed by atoms with Crippen molar-refractivity contribution in [1.82, 2.24) is 4.90 Å². The second-order valence-corrected chi connectivity index (χ2v) is 2.55. The van der Waals surface area contributed by atoms with E-state index in [9.17, 15) is 4.79 Å². The van der Waals surface area contributed by atoms with E-state index in [4.69, 9.17) is 23.7 Å². The van der Waals surface area contributed by atoms with Crippen molar-refractivity contribution in [3.8, 4) is 0 Å². The van der Waals surface area contributed by atoms with Gasteiger partial charge in [-0.2, -0.15) is 0 Å². The number of carboxylic acids is 1. The molecule has 0 aliphatic rings. The third kappa shape index (κ3) is 59.7. The minimum absolute atomic E-state index is 0. The minimum atomic E-state index is -0.926. The molecule has 99 valence electrons. The Hall–Kier alpha value is -0.941. The molecule has 0 bridgehead atoms. The van der Waals surface area contributed by atoms with Gasteiger partial charge in [-0.1, -0.05) is 4.32 Å². The van der Waals surface area contributed by atoms with Crippen molar-refractivity contribution in [3.05, 3.63) is 26.6 Å². The molecule has 0 fully saturated rings. The van der Waals surface area contributed by atoms with Crippen LogP contribution < -0.4 is 0 Å². The molecule has 0 saturated heterocycles. The van der Waals surface area contributed by atoms with Gasteiger partial charge in [0.05, 0.1) is 0 Å². The van der Waals surface area contributed by atoms with Crippen LogP contribution in [0.25, 0.3) is 0 Å². The summed E-state index contributed by atoms with van der Waals surface area (Å²) in [6.45, 7) is 17.9. The van der Waals surface area contributed by atoms with Crippen molar-refractivity contribution in [2.75, 3.05) is 13.6 Å². The third-order valence-corrected chi connectivity index (χ3v) is 1.31. The van der Waals surface area contributed by atoms with Gasteiger partial charge in [-0.25, -0.2) is 0 Å². The van der Waals surface area contributed by atoms with Crippen LogP contribution in [0.2, 0.25) is 0 Å². The standard InChI is InChI=1S/C4H7NO2S2.4CO.Mn/c1-5(4(8)9)2-3(6)7;4*1-2;/h2H2,1H3,(H,6,7)(H,8,9);;;;;/p-1. The van der Waals surface area contributed by atoms with Gasteiger partial charge in [0.2, 0.25) is 0 Å². The predicted molar refractivity (Wildman–Crippen MR) is 55.9 cm³/mol. The van der Waals surface area contributed by atoms with E-state index in [1.165, 1.54) is 4.90 Å². The summed E-state index contributed by atoms with van der Waals surface area (Å²) in [5, 5.41) is 8.19. The van der Waals surface area contributed by atoms with E-state index in [-0.39, 0.29) is 27.9 Å². The SMILES string of the molecule is CN(CC(=O)O)C(=S)[S-].[C-]#[O+].[C-]#[O+].[C-]#[O+].[C-]#[O+].[Mn]. The summed E-state index contributed by atoms with van der Waals surface area (Å²) in [4.78, 5) is 11.3. The molecule has 0 atom stereocenters. The van der Waals surface area contributed by atoms with Crippen LogP contribution in [0.15, 0.2) is 0 Å². The molecule has 10 heteroatoms. The Balaban J connectivity index is -0.0000000342. The molecule has 0 aromatic rings. The number of carboxylic acid groups (broad SMARTS) is 1. The van der Waals surface area contributed by atoms with Gasteiger partial charge in [-0.05, 0) is 0 Å². The second kappa shape index (κ2) is 44.4. The number of thiocarbonyl (C=S) groups is 1. The Morgan fingerprint density at radius 2 is 1.39 bits per heavy atom. The molecular weight excluding hydrogens is 325 g/mol. The Labute approximate surface area is 126 Å². The summed E-state index contributed by atoms with van der Waals surface area (Å²) in [7, 11) is 1.55. The summed E-state index contributed by atoms with van der Waals surface area (Å²) in [6.07, 6.45) is 0. The van der Waals surface area contributed by atoms with Crippen molar-refractivity contribution in [3.63, 3.8) is 0 Å². The minimum Gasteiger partial charge on any atom is 0 e. The zero-order valence-electron chi connectivity index (χ0n) is 8.84. The monoisotopic (exact) mass is 331 g/mol. The molecule has 0 aliphatic carbocycles. The number of aliphatic carboxylic acids is 1.